The van der Waals surface area contributed by atoms with Gasteiger partial charge >= 0.3 is 0 Å². The standard InChI is InChI=1S/C9H12N2O/c1-6(12)7-2-3-9-8(4-7)5-10-11-9/h5,7H,2-4H2,1H3,(H,10,11). The predicted molar refractivity (Wildman–Crippen MR) is 44.8 cm³/mol. The Balaban J connectivity index is 2.20. The number of hydrogen-bond acceptors (Lipinski definition) is 2. The molecule has 0 saturated heterocycles. The number of rotatable bonds is 1. The van der Waals surface area contributed by atoms with E-state index in [1.54, 1.807) is 6.92 Å². The van der Waals surface area contributed by atoms with E-state index in [-0.39, 0.29) is 5.92 Å². The van der Waals surface area contributed by atoms with Crippen LogP contribution in [0.5, 0.6) is 0 Å². The number of aryl methyl sites for hydroxylation is 1. The van der Waals surface area contributed by atoms with Crippen molar-refractivity contribution >= 4 is 5.78 Å². The molecule has 1 aliphatic carbocycles. The van der Waals surface area contributed by atoms with Crippen LogP contribution in [-0.4, -0.2) is 16.0 Å². The third-order valence-electron chi connectivity index (χ3n) is 2.59. The summed E-state index contributed by atoms with van der Waals surface area (Å²) < 4.78 is 0. The number of H-pyrrole nitrogens is 1. The van der Waals surface area contributed by atoms with Crippen LogP contribution in [0, 0.1) is 5.92 Å². The van der Waals surface area contributed by atoms with Gasteiger partial charge in [-0.1, -0.05) is 0 Å². The Kier molecular flexibility index (Phi) is 1.71. The lowest BCUT2D eigenvalue weighted by atomic mass is 9.86. The largest absolute Gasteiger partial charge is 0.300 e. The maximum atomic E-state index is 11.1. The molecule has 1 heterocycles. The number of carbonyl (C=O) groups excluding carboxylic acids is 1. The Labute approximate surface area is 71.2 Å². The molecule has 0 bridgehead atoms. The Morgan fingerprint density at radius 1 is 1.75 bits per heavy atom. The van der Waals surface area contributed by atoms with Gasteiger partial charge in [0, 0.05) is 11.6 Å². The van der Waals surface area contributed by atoms with E-state index < -0.39 is 0 Å². The molecule has 0 spiro atoms. The third-order valence-corrected chi connectivity index (χ3v) is 2.59. The van der Waals surface area contributed by atoms with Gasteiger partial charge in [-0.05, 0) is 31.7 Å². The van der Waals surface area contributed by atoms with Crippen LogP contribution in [0.4, 0.5) is 0 Å². The van der Waals surface area contributed by atoms with Gasteiger partial charge in [-0.3, -0.25) is 9.89 Å². The maximum absolute atomic E-state index is 11.1. The first-order chi connectivity index (χ1) is 5.77. The molecule has 12 heavy (non-hydrogen) atoms. The summed E-state index contributed by atoms with van der Waals surface area (Å²) in [4.78, 5) is 11.1. The van der Waals surface area contributed by atoms with Gasteiger partial charge in [0.25, 0.3) is 0 Å². The number of fused-ring (bicyclic) bond motifs is 1. The summed E-state index contributed by atoms with van der Waals surface area (Å²) in [6.45, 7) is 1.68. The second kappa shape index (κ2) is 2.73. The zero-order valence-electron chi connectivity index (χ0n) is 7.13. The lowest BCUT2D eigenvalue weighted by Crippen LogP contribution is -2.19. The second-order valence-electron chi connectivity index (χ2n) is 3.42. The van der Waals surface area contributed by atoms with Crippen LogP contribution in [0.25, 0.3) is 0 Å². The molecule has 0 aliphatic heterocycles. The maximum Gasteiger partial charge on any atom is 0.133 e. The molecule has 3 heteroatoms. The lowest BCUT2D eigenvalue weighted by molar-refractivity contribution is -0.121. The Morgan fingerprint density at radius 3 is 3.33 bits per heavy atom. The minimum atomic E-state index is 0.232. The van der Waals surface area contributed by atoms with E-state index in [9.17, 15) is 4.79 Å². The molecule has 0 saturated carbocycles. The quantitative estimate of drug-likeness (QED) is 0.675. The predicted octanol–water partition coefficient (Wildman–Crippen LogP) is 1.10. The third kappa shape index (κ3) is 1.15. The van der Waals surface area contributed by atoms with Gasteiger partial charge in [0.1, 0.15) is 5.78 Å². The average Bonchev–Trinajstić information content (AvgIpc) is 2.49. The van der Waals surface area contributed by atoms with Crippen molar-refractivity contribution in [3.8, 4) is 0 Å². The number of ketones is 1. The molecule has 2 rings (SSSR count). The smallest absolute Gasteiger partial charge is 0.133 e. The number of Topliss-reactive ketones (excluding diaryl/α,β-unsaturated/α-hetero) is 1. The van der Waals surface area contributed by atoms with Crippen LogP contribution in [0.2, 0.25) is 0 Å². The zero-order valence-corrected chi connectivity index (χ0v) is 7.13. The summed E-state index contributed by atoms with van der Waals surface area (Å²) in [6, 6.07) is 0. The Morgan fingerprint density at radius 2 is 2.58 bits per heavy atom. The molecule has 1 aliphatic rings. The van der Waals surface area contributed by atoms with Gasteiger partial charge in [0.15, 0.2) is 0 Å². The van der Waals surface area contributed by atoms with Gasteiger partial charge in [0.2, 0.25) is 0 Å². The number of hydrogen-bond donors (Lipinski definition) is 1. The average molecular weight is 164 g/mol. The van der Waals surface area contributed by atoms with Crippen molar-refractivity contribution in [2.45, 2.75) is 26.2 Å². The first-order valence-electron chi connectivity index (χ1n) is 4.29. The first kappa shape index (κ1) is 7.53. The minimum Gasteiger partial charge on any atom is -0.300 e. The summed E-state index contributed by atoms with van der Waals surface area (Å²) in [6.07, 6.45) is 4.66. The van der Waals surface area contributed by atoms with E-state index in [4.69, 9.17) is 0 Å². The molecule has 0 radical (unpaired) electrons. The Hall–Kier alpha value is -1.12. The van der Waals surface area contributed by atoms with E-state index in [2.05, 4.69) is 10.2 Å². The Bertz CT molecular complexity index is 303. The number of nitrogens with one attached hydrogen (secondary N) is 1. The van der Waals surface area contributed by atoms with Crippen LogP contribution in [-0.2, 0) is 17.6 Å². The normalized spacial score (nSPS) is 21.9. The van der Waals surface area contributed by atoms with Gasteiger partial charge < -0.3 is 0 Å². The number of nitrogens with zero attached hydrogens (tertiary/aromatic N) is 1. The summed E-state index contributed by atoms with van der Waals surface area (Å²) in [5.74, 6) is 0.539. The number of aromatic amines is 1. The fraction of sp³-hybridized carbons (Fsp3) is 0.556. The zero-order chi connectivity index (χ0) is 8.55. The van der Waals surface area contributed by atoms with Crippen LogP contribution in [0.15, 0.2) is 6.20 Å². The number of carbonyl (C=O) groups is 1. The topological polar surface area (TPSA) is 45.8 Å². The molecule has 1 aromatic heterocycles. The van der Waals surface area contributed by atoms with Crippen molar-refractivity contribution in [1.29, 1.82) is 0 Å². The molecular formula is C9H12N2O. The monoisotopic (exact) mass is 164 g/mol. The van der Waals surface area contributed by atoms with Crippen LogP contribution in [0.3, 0.4) is 0 Å². The molecule has 0 aromatic carbocycles. The van der Waals surface area contributed by atoms with E-state index in [1.807, 2.05) is 6.20 Å². The highest BCUT2D eigenvalue weighted by Gasteiger charge is 2.22. The highest BCUT2D eigenvalue weighted by atomic mass is 16.1. The van der Waals surface area contributed by atoms with Crippen molar-refractivity contribution in [3.05, 3.63) is 17.5 Å². The lowest BCUT2D eigenvalue weighted by Gasteiger charge is -2.18. The van der Waals surface area contributed by atoms with Gasteiger partial charge in [-0.15, -0.1) is 0 Å². The van der Waals surface area contributed by atoms with Crippen LogP contribution < -0.4 is 0 Å². The summed E-state index contributed by atoms with van der Waals surface area (Å²) in [5.41, 5.74) is 2.44. The molecule has 64 valence electrons. The summed E-state index contributed by atoms with van der Waals surface area (Å²) >= 11 is 0. The molecular weight excluding hydrogens is 152 g/mol. The second-order valence-corrected chi connectivity index (χ2v) is 3.42. The van der Waals surface area contributed by atoms with Gasteiger partial charge in [-0.25, -0.2) is 0 Å². The first-order valence-corrected chi connectivity index (χ1v) is 4.29. The summed E-state index contributed by atoms with van der Waals surface area (Å²) in [5, 5.41) is 6.92. The fourth-order valence-electron chi connectivity index (χ4n) is 1.76. The van der Waals surface area contributed by atoms with Crippen molar-refractivity contribution in [2.75, 3.05) is 0 Å². The van der Waals surface area contributed by atoms with Gasteiger partial charge in [-0.2, -0.15) is 5.10 Å². The molecule has 3 nitrogen and oxygen atoms in total. The van der Waals surface area contributed by atoms with E-state index >= 15 is 0 Å². The molecule has 1 unspecified atom stereocenters. The molecule has 1 aromatic rings. The molecule has 1 N–H and O–H groups in total. The highest BCUT2D eigenvalue weighted by Crippen LogP contribution is 2.23. The molecule has 0 fully saturated rings. The van der Waals surface area contributed by atoms with E-state index in [0.29, 0.717) is 5.78 Å². The van der Waals surface area contributed by atoms with Crippen LogP contribution >= 0.6 is 0 Å². The van der Waals surface area contributed by atoms with Gasteiger partial charge in [0.05, 0.1) is 6.20 Å². The SMILES string of the molecule is CC(=O)C1CCc2[nH]ncc2C1. The fourth-order valence-corrected chi connectivity index (χ4v) is 1.76. The minimum absolute atomic E-state index is 0.232. The number of aromatic nitrogens is 2. The molecule has 0 amide bonds. The van der Waals surface area contributed by atoms with Crippen LogP contribution in [0.1, 0.15) is 24.6 Å². The van der Waals surface area contributed by atoms with E-state index in [1.165, 1.54) is 11.3 Å². The van der Waals surface area contributed by atoms with Crippen molar-refractivity contribution in [1.82, 2.24) is 10.2 Å². The highest BCUT2D eigenvalue weighted by molar-refractivity contribution is 5.78. The van der Waals surface area contributed by atoms with Crippen molar-refractivity contribution in [3.63, 3.8) is 0 Å². The van der Waals surface area contributed by atoms with Crippen molar-refractivity contribution in [2.24, 2.45) is 5.92 Å². The van der Waals surface area contributed by atoms with E-state index in [0.717, 1.165) is 19.3 Å². The molecule has 1 atom stereocenters. The summed E-state index contributed by atoms with van der Waals surface area (Å²) in [7, 11) is 0. The van der Waals surface area contributed by atoms with Crippen molar-refractivity contribution < 1.29 is 4.79 Å².